The lowest BCUT2D eigenvalue weighted by atomic mass is 10.1. The first-order chi connectivity index (χ1) is 7.63. The highest BCUT2D eigenvalue weighted by atomic mass is 35.5. The molecule has 2 aromatic rings. The molecule has 0 N–H and O–H groups in total. The van der Waals surface area contributed by atoms with Gasteiger partial charge < -0.3 is 0 Å². The first kappa shape index (κ1) is 11.2. The fourth-order valence-electron chi connectivity index (χ4n) is 1.69. The second-order valence-electron chi connectivity index (χ2n) is 4.07. The summed E-state index contributed by atoms with van der Waals surface area (Å²) in [5, 5.41) is 4.36. The summed E-state index contributed by atoms with van der Waals surface area (Å²) in [6, 6.07) is 6.35. The maximum absolute atomic E-state index is 5.84. The number of aromatic nitrogens is 2. The molecule has 1 aromatic carbocycles. The quantitative estimate of drug-likeness (QED) is 0.727. The number of halogens is 1. The monoisotopic (exact) mass is 234 g/mol. The van der Waals surface area contributed by atoms with E-state index in [9.17, 15) is 0 Å². The Morgan fingerprint density at radius 1 is 1.19 bits per heavy atom. The van der Waals surface area contributed by atoms with Crippen LogP contribution in [0.3, 0.4) is 0 Å². The molecule has 2 nitrogen and oxygen atoms in total. The van der Waals surface area contributed by atoms with Crippen molar-refractivity contribution in [2.24, 2.45) is 0 Å². The fraction of sp³-hybridized carbons (Fsp3) is 0.308. The van der Waals surface area contributed by atoms with Crippen LogP contribution in [0.2, 0.25) is 0 Å². The Morgan fingerprint density at radius 2 is 1.94 bits per heavy atom. The van der Waals surface area contributed by atoms with Crippen molar-refractivity contribution in [2.45, 2.75) is 26.7 Å². The third-order valence-electron chi connectivity index (χ3n) is 2.99. The summed E-state index contributed by atoms with van der Waals surface area (Å²) in [6.45, 7) is 6.26. The number of hydrogen-bond donors (Lipinski definition) is 0. The van der Waals surface area contributed by atoms with Gasteiger partial charge in [-0.1, -0.05) is 6.07 Å². The molecule has 0 aliphatic carbocycles. The van der Waals surface area contributed by atoms with Gasteiger partial charge in [0.2, 0.25) is 0 Å². The minimum atomic E-state index is 0.511. The van der Waals surface area contributed by atoms with Crippen molar-refractivity contribution in [2.75, 3.05) is 0 Å². The standard InChI is InChI=1S/C13H15ClN2/c1-9-4-5-13(6-10(9)2)16-11(3)12(7-14)8-15-16/h4-6,8H,7H2,1-3H3. The molecule has 0 bridgehead atoms. The van der Waals surface area contributed by atoms with E-state index in [2.05, 4.69) is 37.1 Å². The van der Waals surface area contributed by atoms with E-state index in [1.165, 1.54) is 11.1 Å². The van der Waals surface area contributed by atoms with E-state index >= 15 is 0 Å². The van der Waals surface area contributed by atoms with Crippen LogP contribution in [0.4, 0.5) is 0 Å². The van der Waals surface area contributed by atoms with Crippen LogP contribution < -0.4 is 0 Å². The van der Waals surface area contributed by atoms with Crippen LogP contribution in [-0.2, 0) is 5.88 Å². The highest BCUT2D eigenvalue weighted by molar-refractivity contribution is 6.17. The first-order valence-corrected chi connectivity index (χ1v) is 5.84. The van der Waals surface area contributed by atoms with Gasteiger partial charge in [-0.05, 0) is 44.0 Å². The summed E-state index contributed by atoms with van der Waals surface area (Å²) in [6.07, 6.45) is 1.83. The normalized spacial score (nSPS) is 10.8. The molecule has 84 valence electrons. The Hall–Kier alpha value is -1.28. The van der Waals surface area contributed by atoms with Gasteiger partial charge in [0.25, 0.3) is 0 Å². The van der Waals surface area contributed by atoms with Crippen molar-refractivity contribution in [3.05, 3.63) is 46.8 Å². The van der Waals surface area contributed by atoms with Gasteiger partial charge in [0.1, 0.15) is 0 Å². The highest BCUT2D eigenvalue weighted by Crippen LogP contribution is 2.18. The molecule has 0 atom stereocenters. The second kappa shape index (κ2) is 4.30. The second-order valence-corrected chi connectivity index (χ2v) is 4.34. The van der Waals surface area contributed by atoms with E-state index in [0.29, 0.717) is 5.88 Å². The number of hydrogen-bond acceptors (Lipinski definition) is 1. The molecule has 0 amide bonds. The Morgan fingerprint density at radius 3 is 2.50 bits per heavy atom. The summed E-state index contributed by atoms with van der Waals surface area (Å²) in [5.41, 5.74) is 5.86. The zero-order valence-corrected chi connectivity index (χ0v) is 10.5. The van der Waals surface area contributed by atoms with Crippen LogP contribution in [0.5, 0.6) is 0 Å². The van der Waals surface area contributed by atoms with Gasteiger partial charge in [-0.3, -0.25) is 0 Å². The first-order valence-electron chi connectivity index (χ1n) is 5.30. The van der Waals surface area contributed by atoms with Gasteiger partial charge in [0, 0.05) is 11.3 Å². The van der Waals surface area contributed by atoms with Gasteiger partial charge in [0.05, 0.1) is 17.8 Å². The zero-order valence-electron chi connectivity index (χ0n) is 9.79. The van der Waals surface area contributed by atoms with Gasteiger partial charge in [-0.15, -0.1) is 11.6 Å². The Kier molecular flexibility index (Phi) is 3.01. The molecule has 0 saturated carbocycles. The van der Waals surface area contributed by atoms with Crippen molar-refractivity contribution in [1.29, 1.82) is 0 Å². The van der Waals surface area contributed by atoms with Crippen LogP contribution >= 0.6 is 11.6 Å². The van der Waals surface area contributed by atoms with Crippen molar-refractivity contribution < 1.29 is 0 Å². The summed E-state index contributed by atoms with van der Waals surface area (Å²) in [5.74, 6) is 0.511. The third-order valence-corrected chi connectivity index (χ3v) is 3.28. The lowest BCUT2D eigenvalue weighted by Crippen LogP contribution is -2.00. The molecule has 0 aliphatic rings. The molecule has 0 spiro atoms. The zero-order chi connectivity index (χ0) is 11.7. The summed E-state index contributed by atoms with van der Waals surface area (Å²) in [7, 11) is 0. The highest BCUT2D eigenvalue weighted by Gasteiger charge is 2.07. The third kappa shape index (κ3) is 1.85. The lowest BCUT2D eigenvalue weighted by molar-refractivity contribution is 0.843. The lowest BCUT2D eigenvalue weighted by Gasteiger charge is -2.07. The largest absolute Gasteiger partial charge is 0.238 e. The Balaban J connectivity index is 2.50. The maximum atomic E-state index is 5.84. The van der Waals surface area contributed by atoms with E-state index in [-0.39, 0.29) is 0 Å². The number of benzene rings is 1. The van der Waals surface area contributed by atoms with Crippen LogP contribution in [0, 0.1) is 20.8 Å². The van der Waals surface area contributed by atoms with Gasteiger partial charge in [-0.2, -0.15) is 5.10 Å². The predicted molar refractivity (Wildman–Crippen MR) is 67.3 cm³/mol. The average molecular weight is 235 g/mol. The number of rotatable bonds is 2. The van der Waals surface area contributed by atoms with Gasteiger partial charge in [0.15, 0.2) is 0 Å². The van der Waals surface area contributed by atoms with E-state index in [0.717, 1.165) is 16.9 Å². The molecule has 3 heteroatoms. The summed E-state index contributed by atoms with van der Waals surface area (Å²) in [4.78, 5) is 0. The van der Waals surface area contributed by atoms with E-state index in [1.807, 2.05) is 17.8 Å². The van der Waals surface area contributed by atoms with E-state index in [1.54, 1.807) is 0 Å². The van der Waals surface area contributed by atoms with E-state index < -0.39 is 0 Å². The average Bonchev–Trinajstić information content (AvgIpc) is 2.64. The van der Waals surface area contributed by atoms with Crippen LogP contribution in [-0.4, -0.2) is 9.78 Å². The smallest absolute Gasteiger partial charge is 0.0651 e. The molecule has 0 unspecified atom stereocenters. The molecule has 2 rings (SSSR count). The van der Waals surface area contributed by atoms with Crippen molar-refractivity contribution in [3.63, 3.8) is 0 Å². The predicted octanol–water partition coefficient (Wildman–Crippen LogP) is 3.54. The van der Waals surface area contributed by atoms with Gasteiger partial charge in [-0.25, -0.2) is 4.68 Å². The summed E-state index contributed by atoms with van der Waals surface area (Å²) >= 11 is 5.84. The molecule has 16 heavy (non-hydrogen) atoms. The van der Waals surface area contributed by atoms with Crippen molar-refractivity contribution in [3.8, 4) is 5.69 Å². The molecule has 0 aliphatic heterocycles. The number of alkyl halides is 1. The topological polar surface area (TPSA) is 17.8 Å². The Bertz CT molecular complexity index is 515. The molecular formula is C13H15ClN2. The van der Waals surface area contributed by atoms with Gasteiger partial charge >= 0.3 is 0 Å². The molecule has 0 saturated heterocycles. The minimum absolute atomic E-state index is 0.511. The summed E-state index contributed by atoms with van der Waals surface area (Å²) < 4.78 is 1.93. The van der Waals surface area contributed by atoms with Crippen molar-refractivity contribution >= 4 is 11.6 Å². The minimum Gasteiger partial charge on any atom is -0.238 e. The molecule has 1 heterocycles. The van der Waals surface area contributed by atoms with Crippen molar-refractivity contribution in [1.82, 2.24) is 9.78 Å². The molecule has 1 aromatic heterocycles. The SMILES string of the molecule is Cc1ccc(-n2ncc(CCl)c2C)cc1C. The number of aryl methyl sites for hydroxylation is 2. The Labute approximate surface area is 101 Å². The fourth-order valence-corrected chi connectivity index (χ4v) is 1.95. The molecule has 0 fully saturated rings. The molecular weight excluding hydrogens is 220 g/mol. The molecule has 0 radical (unpaired) electrons. The van der Waals surface area contributed by atoms with E-state index in [4.69, 9.17) is 11.6 Å². The maximum Gasteiger partial charge on any atom is 0.0651 e. The van der Waals surface area contributed by atoms with Crippen LogP contribution in [0.1, 0.15) is 22.4 Å². The van der Waals surface area contributed by atoms with Crippen LogP contribution in [0.15, 0.2) is 24.4 Å². The number of nitrogens with zero attached hydrogens (tertiary/aromatic N) is 2. The van der Waals surface area contributed by atoms with Crippen LogP contribution in [0.25, 0.3) is 5.69 Å².